The second-order valence-electron chi connectivity index (χ2n) is 4.71. The molecule has 1 amide bonds. The zero-order valence-electron chi connectivity index (χ0n) is 11.9. The van der Waals surface area contributed by atoms with Gasteiger partial charge in [-0.2, -0.15) is 5.26 Å². The number of amides is 1. The lowest BCUT2D eigenvalue weighted by Crippen LogP contribution is -2.13. The number of fused-ring (bicyclic) bond motifs is 1. The second-order valence-corrected chi connectivity index (χ2v) is 4.71. The van der Waals surface area contributed by atoms with Crippen molar-refractivity contribution in [2.24, 2.45) is 0 Å². The molecule has 114 valence electrons. The predicted octanol–water partition coefficient (Wildman–Crippen LogP) is 3.10. The fraction of sp³-hybridized carbons (Fsp3) is 0.0588. The summed E-state index contributed by atoms with van der Waals surface area (Å²) in [7, 11) is 0. The van der Waals surface area contributed by atoms with Crippen molar-refractivity contribution >= 4 is 17.7 Å². The van der Waals surface area contributed by atoms with Crippen molar-refractivity contribution in [2.45, 2.75) is 0 Å². The Morgan fingerprint density at radius 1 is 1.22 bits per heavy atom. The van der Waals surface area contributed by atoms with Crippen LogP contribution in [0.25, 0.3) is 6.08 Å². The smallest absolute Gasteiger partial charge is 0.266 e. The number of para-hydroxylation sites is 1. The number of halogens is 1. The molecule has 0 bridgehead atoms. The van der Waals surface area contributed by atoms with Crippen LogP contribution in [-0.4, -0.2) is 12.7 Å². The number of hydrogen-bond donors (Lipinski definition) is 1. The highest BCUT2D eigenvalue weighted by molar-refractivity contribution is 6.09. The third-order valence-corrected chi connectivity index (χ3v) is 3.19. The molecule has 1 aliphatic heterocycles. The van der Waals surface area contributed by atoms with E-state index >= 15 is 0 Å². The number of benzene rings is 2. The van der Waals surface area contributed by atoms with Crippen LogP contribution in [0.2, 0.25) is 0 Å². The Morgan fingerprint density at radius 2 is 2.00 bits per heavy atom. The molecule has 6 heteroatoms. The van der Waals surface area contributed by atoms with Gasteiger partial charge in [0.2, 0.25) is 6.79 Å². The molecule has 0 saturated heterocycles. The summed E-state index contributed by atoms with van der Waals surface area (Å²) >= 11 is 0. The van der Waals surface area contributed by atoms with Gasteiger partial charge < -0.3 is 14.8 Å². The molecule has 1 N–H and O–H groups in total. The van der Waals surface area contributed by atoms with Crippen molar-refractivity contribution in [3.8, 4) is 17.6 Å². The third kappa shape index (κ3) is 3.14. The lowest BCUT2D eigenvalue weighted by atomic mass is 10.1. The molecule has 23 heavy (non-hydrogen) atoms. The summed E-state index contributed by atoms with van der Waals surface area (Å²) in [6, 6.07) is 12.3. The molecule has 0 aliphatic carbocycles. The van der Waals surface area contributed by atoms with E-state index in [1.165, 1.54) is 30.3 Å². The SMILES string of the molecule is N#C/C(=C\c1cccc2c1OCO2)C(=O)Nc1ccc(F)cc1. The van der Waals surface area contributed by atoms with Gasteiger partial charge in [0.05, 0.1) is 0 Å². The number of carbonyl (C=O) groups is 1. The van der Waals surface area contributed by atoms with Crippen LogP contribution in [0.4, 0.5) is 10.1 Å². The second kappa shape index (κ2) is 6.20. The van der Waals surface area contributed by atoms with Gasteiger partial charge in [0, 0.05) is 11.3 Å². The van der Waals surface area contributed by atoms with Crippen LogP contribution in [0.1, 0.15) is 5.56 Å². The summed E-state index contributed by atoms with van der Waals surface area (Å²) in [6.07, 6.45) is 1.42. The van der Waals surface area contributed by atoms with E-state index in [4.69, 9.17) is 9.47 Å². The number of rotatable bonds is 3. The number of nitriles is 1. The number of carbonyl (C=O) groups excluding carboxylic acids is 1. The van der Waals surface area contributed by atoms with Crippen LogP contribution in [-0.2, 0) is 4.79 Å². The van der Waals surface area contributed by atoms with E-state index in [2.05, 4.69) is 5.32 Å². The first-order valence-electron chi connectivity index (χ1n) is 6.75. The topological polar surface area (TPSA) is 71.3 Å². The molecule has 2 aromatic carbocycles. The maximum Gasteiger partial charge on any atom is 0.266 e. The highest BCUT2D eigenvalue weighted by Gasteiger charge is 2.18. The van der Waals surface area contributed by atoms with Gasteiger partial charge in [0.1, 0.15) is 17.5 Å². The Bertz CT molecular complexity index is 823. The van der Waals surface area contributed by atoms with Crippen LogP contribution in [0.3, 0.4) is 0 Å². The molecular formula is C17H11FN2O3. The quantitative estimate of drug-likeness (QED) is 0.698. The fourth-order valence-electron chi connectivity index (χ4n) is 2.10. The van der Waals surface area contributed by atoms with E-state index in [0.717, 1.165) is 0 Å². The van der Waals surface area contributed by atoms with E-state index in [9.17, 15) is 14.4 Å². The summed E-state index contributed by atoms with van der Waals surface area (Å²) in [5.74, 6) is 0.0662. The Kier molecular flexibility index (Phi) is 3.93. The maximum atomic E-state index is 12.9. The van der Waals surface area contributed by atoms with E-state index in [0.29, 0.717) is 22.7 Å². The first-order valence-corrected chi connectivity index (χ1v) is 6.75. The molecule has 0 aromatic heterocycles. The minimum atomic E-state index is -0.587. The third-order valence-electron chi connectivity index (χ3n) is 3.19. The molecule has 2 aromatic rings. The largest absolute Gasteiger partial charge is 0.454 e. The lowest BCUT2D eigenvalue weighted by molar-refractivity contribution is -0.112. The van der Waals surface area contributed by atoms with E-state index in [-0.39, 0.29) is 12.4 Å². The molecule has 0 fully saturated rings. The van der Waals surface area contributed by atoms with Crippen LogP contribution in [0.5, 0.6) is 11.5 Å². The lowest BCUT2D eigenvalue weighted by Gasteiger charge is -2.05. The van der Waals surface area contributed by atoms with Gasteiger partial charge in [-0.25, -0.2) is 4.39 Å². The highest BCUT2D eigenvalue weighted by atomic mass is 19.1. The van der Waals surface area contributed by atoms with Crippen molar-refractivity contribution in [2.75, 3.05) is 12.1 Å². The molecule has 5 nitrogen and oxygen atoms in total. The highest BCUT2D eigenvalue weighted by Crippen LogP contribution is 2.36. The summed E-state index contributed by atoms with van der Waals surface area (Å²) < 4.78 is 23.4. The fourth-order valence-corrected chi connectivity index (χ4v) is 2.10. The Morgan fingerprint density at radius 3 is 2.74 bits per heavy atom. The van der Waals surface area contributed by atoms with Crippen LogP contribution in [0.15, 0.2) is 48.0 Å². The van der Waals surface area contributed by atoms with Crippen molar-refractivity contribution in [1.82, 2.24) is 0 Å². The minimum absolute atomic E-state index is 0.0989. The van der Waals surface area contributed by atoms with Gasteiger partial charge in [0.25, 0.3) is 5.91 Å². The zero-order valence-corrected chi connectivity index (χ0v) is 11.9. The van der Waals surface area contributed by atoms with Crippen LogP contribution >= 0.6 is 0 Å². The Hall–Kier alpha value is -3.33. The van der Waals surface area contributed by atoms with E-state index < -0.39 is 11.7 Å². The number of ether oxygens (including phenoxy) is 2. The van der Waals surface area contributed by atoms with E-state index in [1.54, 1.807) is 18.2 Å². The maximum absolute atomic E-state index is 12.9. The van der Waals surface area contributed by atoms with Gasteiger partial charge in [-0.1, -0.05) is 12.1 Å². The Labute approximate surface area is 131 Å². The van der Waals surface area contributed by atoms with Crippen molar-refractivity contribution in [3.05, 3.63) is 59.4 Å². The minimum Gasteiger partial charge on any atom is -0.454 e. The van der Waals surface area contributed by atoms with Crippen molar-refractivity contribution < 1.29 is 18.7 Å². The van der Waals surface area contributed by atoms with Gasteiger partial charge in [-0.05, 0) is 36.4 Å². The summed E-state index contributed by atoms with van der Waals surface area (Å²) in [5, 5.41) is 11.8. The van der Waals surface area contributed by atoms with E-state index in [1.807, 2.05) is 6.07 Å². The van der Waals surface area contributed by atoms with Crippen LogP contribution < -0.4 is 14.8 Å². The first kappa shape index (κ1) is 14.6. The molecule has 0 saturated carbocycles. The average molecular weight is 310 g/mol. The number of hydrogen-bond acceptors (Lipinski definition) is 4. The molecule has 1 heterocycles. The molecule has 0 spiro atoms. The van der Waals surface area contributed by atoms with Crippen LogP contribution in [0, 0.1) is 17.1 Å². The molecule has 1 aliphatic rings. The van der Waals surface area contributed by atoms with Gasteiger partial charge in [0.15, 0.2) is 11.5 Å². The number of anilines is 1. The number of nitrogens with zero attached hydrogens (tertiary/aromatic N) is 1. The molecule has 3 rings (SSSR count). The Balaban J connectivity index is 1.85. The monoisotopic (exact) mass is 310 g/mol. The number of nitrogens with one attached hydrogen (secondary N) is 1. The summed E-state index contributed by atoms with van der Waals surface area (Å²) in [5.41, 5.74) is 0.874. The van der Waals surface area contributed by atoms with Crippen molar-refractivity contribution in [3.63, 3.8) is 0 Å². The predicted molar refractivity (Wildman–Crippen MR) is 81.2 cm³/mol. The molecule has 0 atom stereocenters. The summed E-state index contributed by atoms with van der Waals surface area (Å²) in [6.45, 7) is 0.101. The van der Waals surface area contributed by atoms with Crippen molar-refractivity contribution in [1.29, 1.82) is 5.26 Å². The zero-order chi connectivity index (χ0) is 16.2. The molecular weight excluding hydrogens is 299 g/mol. The van der Waals surface area contributed by atoms with Gasteiger partial charge in [-0.3, -0.25) is 4.79 Å². The normalized spacial score (nSPS) is 12.6. The first-order chi connectivity index (χ1) is 11.2. The van der Waals surface area contributed by atoms with Gasteiger partial charge in [-0.15, -0.1) is 0 Å². The van der Waals surface area contributed by atoms with Gasteiger partial charge >= 0.3 is 0 Å². The average Bonchev–Trinajstić information content (AvgIpc) is 3.04. The summed E-state index contributed by atoms with van der Waals surface area (Å²) in [4.78, 5) is 12.2. The molecule has 0 radical (unpaired) electrons. The molecule has 0 unspecified atom stereocenters. The standard InChI is InChI=1S/C17H11FN2O3/c18-13-4-6-14(7-5-13)20-17(21)12(9-19)8-11-2-1-3-15-16(11)23-10-22-15/h1-8H,10H2,(H,20,21)/b12-8+.